The van der Waals surface area contributed by atoms with E-state index in [0.29, 0.717) is 45.9 Å². The van der Waals surface area contributed by atoms with Crippen LogP contribution in [0.1, 0.15) is 0 Å². The van der Waals surface area contributed by atoms with Crippen LogP contribution < -0.4 is 0 Å². The summed E-state index contributed by atoms with van der Waals surface area (Å²) < 4.78 is 0. The van der Waals surface area contributed by atoms with Gasteiger partial charge in [0.05, 0.1) is 0 Å². The molecule has 0 spiro atoms. The zero-order valence-electron chi connectivity index (χ0n) is 22.3. The van der Waals surface area contributed by atoms with Crippen molar-refractivity contribution in [2.24, 2.45) is 0 Å². The van der Waals surface area contributed by atoms with Gasteiger partial charge in [0.2, 0.25) is 0 Å². The minimum absolute atomic E-state index is 0. The maximum absolute atomic E-state index is 5.02. The number of nitrogens with one attached hydrogen (secondary N) is 2. The molecule has 198 valence electrons. The van der Waals surface area contributed by atoms with E-state index in [4.69, 9.17) is 29.9 Å². The Bertz CT molecular complexity index is 2040. The Morgan fingerprint density at radius 2 is 0.548 bits per heavy atom. The molecular weight excluding hydrogens is 911 g/mol. The third-order valence-corrected chi connectivity index (χ3v) is 7.46. The van der Waals surface area contributed by atoms with E-state index in [-0.39, 0.29) is 54.6 Å². The monoisotopic (exact) mass is 934 g/mol. The van der Waals surface area contributed by atoms with E-state index in [1.807, 2.05) is 97.1 Å². The van der Waals surface area contributed by atoms with Crippen LogP contribution in [0.5, 0.6) is 0 Å². The van der Waals surface area contributed by atoms with Crippen molar-refractivity contribution in [2.45, 2.75) is 0 Å². The third-order valence-electron chi connectivity index (χ3n) is 7.46. The first-order valence-electron chi connectivity index (χ1n) is 13.0. The normalized spacial score (nSPS) is 11.4. The van der Waals surface area contributed by atoms with E-state index < -0.39 is 0 Å². The van der Waals surface area contributed by atoms with Crippen molar-refractivity contribution in [1.29, 1.82) is 0 Å². The molecule has 0 saturated heterocycles. The Kier molecular flexibility index (Phi) is 6.68. The predicted octanol–water partition coefficient (Wildman–Crippen LogP) is 5.04. The van der Waals surface area contributed by atoms with Crippen molar-refractivity contribution in [1.82, 2.24) is 39.9 Å². The summed E-state index contributed by atoms with van der Waals surface area (Å²) in [5.74, 6) is 2.39. The number of hydrogen-bond donors (Lipinski definition) is 2. The zero-order valence-corrected chi connectivity index (χ0v) is 33.3. The van der Waals surface area contributed by atoms with Gasteiger partial charge in [-0.25, -0.2) is 29.9 Å². The second-order valence-electron chi connectivity index (χ2n) is 9.79. The summed E-state index contributed by atoms with van der Waals surface area (Å²) in [7, 11) is 0. The molecule has 0 unspecified atom stereocenters. The number of H-pyrrole nitrogens is 2. The van der Waals surface area contributed by atoms with Crippen molar-refractivity contribution >= 4 is 98.7 Å². The van der Waals surface area contributed by atoms with Gasteiger partial charge in [-0.05, 0) is 0 Å². The van der Waals surface area contributed by atoms with Crippen LogP contribution in [0.2, 0.25) is 0 Å². The fourth-order valence-electron chi connectivity index (χ4n) is 5.59. The first-order valence-corrected chi connectivity index (χ1v) is 13.0. The number of aromatic amines is 2. The topological polar surface area (TPSA) is 109 Å². The van der Waals surface area contributed by atoms with Crippen molar-refractivity contribution < 1.29 is 0 Å². The summed E-state index contributed by atoms with van der Waals surface area (Å²) in [5.41, 5.74) is 6.45. The number of benzene rings is 4. The van der Waals surface area contributed by atoms with E-state index in [2.05, 4.69) is 9.97 Å². The molecule has 8 nitrogen and oxygen atoms in total. The maximum Gasteiger partial charge on any atom is 0.164 e. The Hall–Kier alpha value is -3.92. The van der Waals surface area contributed by atoms with Gasteiger partial charge in [0.1, 0.15) is 22.6 Å². The summed E-state index contributed by atoms with van der Waals surface area (Å²) in [6, 6.07) is 32.2. The van der Waals surface area contributed by atoms with Gasteiger partial charge in [0.15, 0.2) is 23.3 Å². The van der Waals surface area contributed by atoms with E-state index in [1.54, 1.807) is 0 Å². The number of hydrogen-bond acceptors (Lipinski definition) is 6. The molecule has 4 aromatic carbocycles. The average molecular weight is 933 g/mol. The summed E-state index contributed by atoms with van der Waals surface area (Å²) in [6.45, 7) is 0. The van der Waals surface area contributed by atoms with Crippen molar-refractivity contribution in [3.05, 3.63) is 97.1 Å². The molecule has 8 bridgehead atoms. The number of aromatic nitrogens is 8. The van der Waals surface area contributed by atoms with Gasteiger partial charge in [0.25, 0.3) is 0 Å². The second-order valence-corrected chi connectivity index (χ2v) is 9.79. The summed E-state index contributed by atoms with van der Waals surface area (Å²) in [5, 5.41) is 3.82. The largest absolute Gasteiger partial charge is 0.324 e. The average Bonchev–Trinajstić information content (AvgIpc) is 3.73. The Labute approximate surface area is 279 Å². The zero-order chi connectivity index (χ0) is 26.2. The van der Waals surface area contributed by atoms with Crippen molar-refractivity contribution in [2.75, 3.05) is 0 Å². The number of fused-ring (bicyclic) bond motifs is 20. The molecule has 9 rings (SSSR count). The molecule has 0 aliphatic carbocycles. The quantitative estimate of drug-likeness (QED) is 0.207. The first kappa shape index (κ1) is 26.9. The fourth-order valence-corrected chi connectivity index (χ4v) is 5.59. The van der Waals surface area contributed by atoms with Gasteiger partial charge in [0, 0.05) is 43.8 Å². The van der Waals surface area contributed by atoms with Gasteiger partial charge in [-0.1, -0.05) is 97.1 Å². The molecule has 10 heteroatoms. The standard InChI is InChI=1S/C32H18N8.2Pb.4H/c1-2-10-18-17(9-1)25-33-26(18)38-28-21-13-5-6-14-22(21)30(35-28)40-32-24-16-8-7-15-23(24)31(36-32)39-29-20-12-4-3-11-19(20)27(34-29)37-25;;;;;;/h1-16H,(H2,33,34,35,36,37,38,39,40);;;;;;. The molecular formula is C32H22N8Pb2. The van der Waals surface area contributed by atoms with Crippen LogP contribution in [0.15, 0.2) is 97.1 Å². The SMILES string of the molecule is [PbH2].[PbH2].c1ccc2c(c1)-c1nc-2nc2[nH]c(nc3nc(nc4[nH]c(n1)c1ccccc41)-c1ccccc1-3)c1ccccc21. The third kappa shape index (κ3) is 4.10. The molecule has 5 heterocycles. The van der Waals surface area contributed by atoms with Crippen LogP contribution in [-0.2, 0) is 0 Å². The summed E-state index contributed by atoms with van der Waals surface area (Å²) >= 11 is 0. The molecule has 2 aliphatic rings. The Morgan fingerprint density at radius 1 is 0.310 bits per heavy atom. The molecule has 7 aromatic rings. The molecule has 2 aliphatic heterocycles. The van der Waals surface area contributed by atoms with Crippen LogP contribution in [0.4, 0.5) is 0 Å². The second kappa shape index (κ2) is 10.4. The number of rotatable bonds is 0. The number of nitrogens with zero attached hydrogens (tertiary/aromatic N) is 6. The van der Waals surface area contributed by atoms with Gasteiger partial charge in [-0.15, -0.1) is 0 Å². The summed E-state index contributed by atoms with van der Waals surface area (Å²) in [4.78, 5) is 36.8. The molecule has 42 heavy (non-hydrogen) atoms. The minimum atomic E-state index is 0. The smallest absolute Gasteiger partial charge is 0.164 e. The molecule has 4 radical (unpaired) electrons. The predicted molar refractivity (Wildman–Crippen MR) is 173 cm³/mol. The molecule has 0 atom stereocenters. The minimum Gasteiger partial charge on any atom is -0.324 e. The van der Waals surface area contributed by atoms with Gasteiger partial charge in [-0.2, -0.15) is 0 Å². The van der Waals surface area contributed by atoms with Crippen LogP contribution in [0.25, 0.3) is 89.7 Å². The van der Waals surface area contributed by atoms with Gasteiger partial charge >= 0.3 is 54.6 Å². The molecule has 3 aromatic heterocycles. The molecule has 0 amide bonds. The van der Waals surface area contributed by atoms with Crippen LogP contribution in [0.3, 0.4) is 0 Å². The van der Waals surface area contributed by atoms with Crippen LogP contribution in [0, 0.1) is 0 Å². The molecule has 0 fully saturated rings. The van der Waals surface area contributed by atoms with Crippen molar-refractivity contribution in [3.8, 4) is 45.6 Å². The van der Waals surface area contributed by atoms with E-state index in [9.17, 15) is 0 Å². The molecule has 0 saturated carbocycles. The first-order chi connectivity index (χ1) is 19.8. The Morgan fingerprint density at radius 3 is 0.810 bits per heavy atom. The van der Waals surface area contributed by atoms with Crippen LogP contribution in [-0.4, -0.2) is 94.5 Å². The maximum atomic E-state index is 5.02. The fraction of sp³-hybridized carbons (Fsp3) is 0. The van der Waals surface area contributed by atoms with E-state index >= 15 is 0 Å². The van der Waals surface area contributed by atoms with Crippen molar-refractivity contribution in [3.63, 3.8) is 0 Å². The summed E-state index contributed by atoms with van der Waals surface area (Å²) in [6.07, 6.45) is 0. The Balaban J connectivity index is 0.00000144. The van der Waals surface area contributed by atoms with Crippen LogP contribution >= 0.6 is 0 Å². The van der Waals surface area contributed by atoms with Gasteiger partial charge in [-0.3, -0.25) is 0 Å². The van der Waals surface area contributed by atoms with Gasteiger partial charge < -0.3 is 9.97 Å². The molecule has 2 N–H and O–H groups in total. The van der Waals surface area contributed by atoms with E-state index in [1.165, 1.54) is 0 Å². The van der Waals surface area contributed by atoms with E-state index in [0.717, 1.165) is 43.8 Å².